The van der Waals surface area contributed by atoms with E-state index in [4.69, 9.17) is 0 Å². The smallest absolute Gasteiger partial charge is 0.0607 e. The second kappa shape index (κ2) is 5.69. The largest absolute Gasteiger partial charge is 0.296 e. The topological polar surface area (TPSA) is 15.6 Å². The highest BCUT2D eigenvalue weighted by Gasteiger charge is 2.07. The van der Waals surface area contributed by atoms with Crippen molar-refractivity contribution in [2.75, 3.05) is 7.05 Å². The molecule has 0 aromatic heterocycles. The SMILES string of the molecule is CN(Cc1ccccc1)N=C1CCCCC1. The average molecular weight is 216 g/mol. The summed E-state index contributed by atoms with van der Waals surface area (Å²) in [5.74, 6) is 0. The van der Waals surface area contributed by atoms with Gasteiger partial charge in [-0.2, -0.15) is 5.10 Å². The first-order chi connectivity index (χ1) is 7.84. The van der Waals surface area contributed by atoms with Gasteiger partial charge in [-0.05, 0) is 31.2 Å². The van der Waals surface area contributed by atoms with Crippen LogP contribution in [0, 0.1) is 0 Å². The molecule has 0 saturated heterocycles. The summed E-state index contributed by atoms with van der Waals surface area (Å²) in [7, 11) is 2.06. The van der Waals surface area contributed by atoms with Gasteiger partial charge in [0.2, 0.25) is 0 Å². The van der Waals surface area contributed by atoms with Crippen molar-refractivity contribution in [3.8, 4) is 0 Å². The van der Waals surface area contributed by atoms with Crippen molar-refractivity contribution < 1.29 is 0 Å². The van der Waals surface area contributed by atoms with Crippen molar-refractivity contribution in [1.29, 1.82) is 0 Å². The maximum Gasteiger partial charge on any atom is 0.0607 e. The van der Waals surface area contributed by atoms with Gasteiger partial charge in [0.25, 0.3) is 0 Å². The Kier molecular flexibility index (Phi) is 3.97. The summed E-state index contributed by atoms with van der Waals surface area (Å²) < 4.78 is 0. The van der Waals surface area contributed by atoms with E-state index < -0.39 is 0 Å². The van der Waals surface area contributed by atoms with Gasteiger partial charge in [-0.1, -0.05) is 36.8 Å². The van der Waals surface area contributed by atoms with Crippen LogP contribution < -0.4 is 0 Å². The molecule has 0 amide bonds. The first kappa shape index (κ1) is 11.2. The zero-order valence-electron chi connectivity index (χ0n) is 10.0. The van der Waals surface area contributed by atoms with Crippen LogP contribution in [0.5, 0.6) is 0 Å². The maximum atomic E-state index is 4.68. The minimum absolute atomic E-state index is 0.907. The molecule has 0 aliphatic heterocycles. The molecule has 0 spiro atoms. The molecule has 86 valence electrons. The minimum Gasteiger partial charge on any atom is -0.296 e. The lowest BCUT2D eigenvalue weighted by Crippen LogP contribution is -2.15. The maximum absolute atomic E-state index is 4.68. The van der Waals surface area contributed by atoms with E-state index in [1.807, 2.05) is 0 Å². The number of benzene rings is 1. The monoisotopic (exact) mass is 216 g/mol. The number of hydrogen-bond acceptors (Lipinski definition) is 2. The minimum atomic E-state index is 0.907. The molecule has 1 fully saturated rings. The number of nitrogens with zero attached hydrogens (tertiary/aromatic N) is 2. The molecule has 1 aromatic rings. The predicted octanol–water partition coefficient (Wildman–Crippen LogP) is 3.44. The van der Waals surface area contributed by atoms with Crippen LogP contribution >= 0.6 is 0 Å². The quantitative estimate of drug-likeness (QED) is 0.707. The molecular weight excluding hydrogens is 196 g/mol. The first-order valence-corrected chi connectivity index (χ1v) is 6.16. The van der Waals surface area contributed by atoms with Crippen molar-refractivity contribution in [1.82, 2.24) is 5.01 Å². The number of hydrogen-bond donors (Lipinski definition) is 0. The molecule has 1 aromatic carbocycles. The van der Waals surface area contributed by atoms with Gasteiger partial charge in [-0.3, -0.25) is 5.01 Å². The molecule has 2 heteroatoms. The van der Waals surface area contributed by atoms with E-state index in [0.29, 0.717) is 0 Å². The van der Waals surface area contributed by atoms with Crippen LogP contribution in [-0.4, -0.2) is 17.8 Å². The first-order valence-electron chi connectivity index (χ1n) is 6.16. The predicted molar refractivity (Wildman–Crippen MR) is 68.4 cm³/mol. The molecule has 1 aliphatic carbocycles. The second-order valence-electron chi connectivity index (χ2n) is 4.53. The van der Waals surface area contributed by atoms with E-state index in [1.165, 1.54) is 43.4 Å². The standard InChI is InChI=1S/C14H20N2/c1-16(12-13-8-4-2-5-9-13)15-14-10-6-3-7-11-14/h2,4-5,8-9H,3,6-7,10-12H2,1H3. The number of rotatable bonds is 3. The molecular formula is C14H20N2. The molecule has 16 heavy (non-hydrogen) atoms. The Morgan fingerprint density at radius 3 is 2.44 bits per heavy atom. The summed E-state index contributed by atoms with van der Waals surface area (Å²) in [6.45, 7) is 0.907. The summed E-state index contributed by atoms with van der Waals surface area (Å²) in [4.78, 5) is 0. The Morgan fingerprint density at radius 2 is 1.75 bits per heavy atom. The van der Waals surface area contributed by atoms with E-state index in [9.17, 15) is 0 Å². The fourth-order valence-corrected chi connectivity index (χ4v) is 2.18. The van der Waals surface area contributed by atoms with E-state index in [0.717, 1.165) is 6.54 Å². The molecule has 2 rings (SSSR count). The molecule has 0 N–H and O–H groups in total. The Balaban J connectivity index is 1.90. The molecule has 0 unspecified atom stereocenters. The van der Waals surface area contributed by atoms with Gasteiger partial charge in [-0.25, -0.2) is 0 Å². The summed E-state index contributed by atoms with van der Waals surface area (Å²) in [5, 5.41) is 6.75. The Labute approximate surface area is 98.0 Å². The van der Waals surface area contributed by atoms with E-state index in [2.05, 4.69) is 47.5 Å². The highest BCUT2D eigenvalue weighted by Crippen LogP contribution is 2.15. The van der Waals surface area contributed by atoms with Gasteiger partial charge in [-0.15, -0.1) is 0 Å². The van der Waals surface area contributed by atoms with Crippen LogP contribution in [0.2, 0.25) is 0 Å². The van der Waals surface area contributed by atoms with Crippen LogP contribution in [0.4, 0.5) is 0 Å². The molecule has 2 nitrogen and oxygen atoms in total. The molecule has 0 heterocycles. The highest BCUT2D eigenvalue weighted by atomic mass is 15.4. The third-order valence-electron chi connectivity index (χ3n) is 3.00. The van der Waals surface area contributed by atoms with Crippen LogP contribution in [-0.2, 0) is 6.54 Å². The lowest BCUT2D eigenvalue weighted by atomic mass is 9.99. The summed E-state index contributed by atoms with van der Waals surface area (Å²) in [6, 6.07) is 10.5. The average Bonchev–Trinajstić information content (AvgIpc) is 2.31. The van der Waals surface area contributed by atoms with Crippen LogP contribution in [0.3, 0.4) is 0 Å². The Bertz CT molecular complexity index is 335. The van der Waals surface area contributed by atoms with Crippen molar-refractivity contribution in [2.45, 2.75) is 38.6 Å². The summed E-state index contributed by atoms with van der Waals surface area (Å²) in [5.41, 5.74) is 2.70. The van der Waals surface area contributed by atoms with Crippen LogP contribution in [0.25, 0.3) is 0 Å². The fourth-order valence-electron chi connectivity index (χ4n) is 2.18. The Morgan fingerprint density at radius 1 is 1.06 bits per heavy atom. The van der Waals surface area contributed by atoms with Crippen molar-refractivity contribution in [3.63, 3.8) is 0 Å². The summed E-state index contributed by atoms with van der Waals surface area (Å²) in [6.07, 6.45) is 6.40. The van der Waals surface area contributed by atoms with E-state index in [1.54, 1.807) is 0 Å². The van der Waals surface area contributed by atoms with Gasteiger partial charge in [0.05, 0.1) is 6.54 Å². The molecule has 1 saturated carbocycles. The van der Waals surface area contributed by atoms with E-state index in [-0.39, 0.29) is 0 Å². The Hall–Kier alpha value is -1.31. The molecule has 0 radical (unpaired) electrons. The van der Waals surface area contributed by atoms with Crippen LogP contribution in [0.15, 0.2) is 35.4 Å². The van der Waals surface area contributed by atoms with Crippen LogP contribution in [0.1, 0.15) is 37.7 Å². The van der Waals surface area contributed by atoms with E-state index >= 15 is 0 Å². The summed E-state index contributed by atoms with van der Waals surface area (Å²) >= 11 is 0. The van der Waals surface area contributed by atoms with Crippen molar-refractivity contribution in [3.05, 3.63) is 35.9 Å². The molecule has 0 atom stereocenters. The van der Waals surface area contributed by atoms with Gasteiger partial charge < -0.3 is 0 Å². The zero-order valence-corrected chi connectivity index (χ0v) is 10.0. The number of hydrazone groups is 1. The molecule has 0 bridgehead atoms. The fraction of sp³-hybridized carbons (Fsp3) is 0.500. The highest BCUT2D eigenvalue weighted by molar-refractivity contribution is 5.84. The van der Waals surface area contributed by atoms with Gasteiger partial charge in [0.1, 0.15) is 0 Å². The van der Waals surface area contributed by atoms with Gasteiger partial charge in [0, 0.05) is 12.8 Å². The van der Waals surface area contributed by atoms with Gasteiger partial charge in [0.15, 0.2) is 0 Å². The van der Waals surface area contributed by atoms with Gasteiger partial charge >= 0.3 is 0 Å². The molecule has 1 aliphatic rings. The van der Waals surface area contributed by atoms with Crippen molar-refractivity contribution in [2.24, 2.45) is 5.10 Å². The zero-order chi connectivity index (χ0) is 11.2. The lowest BCUT2D eigenvalue weighted by Gasteiger charge is -2.18. The third kappa shape index (κ3) is 3.37. The second-order valence-corrected chi connectivity index (χ2v) is 4.53. The lowest BCUT2D eigenvalue weighted by molar-refractivity contribution is 0.343. The van der Waals surface area contributed by atoms with Crippen molar-refractivity contribution >= 4 is 5.71 Å². The normalized spacial score (nSPS) is 15.9. The third-order valence-corrected chi connectivity index (χ3v) is 3.00.